The Morgan fingerprint density at radius 2 is 1.92 bits per heavy atom. The standard InChI is InChI=1S/C20H28N4O/c1-4-7-19-18(20(25)23-12-10-22(5-2)11-13-23)15-21-24(19)17-9-6-8-16(3)14-17/h6,8-9,14-15H,4-5,7,10-13H2,1-3H3. The smallest absolute Gasteiger partial charge is 0.257 e. The van der Waals surface area contributed by atoms with E-state index in [1.165, 1.54) is 5.56 Å². The van der Waals surface area contributed by atoms with Crippen LogP contribution in [0.25, 0.3) is 5.69 Å². The van der Waals surface area contributed by atoms with Gasteiger partial charge in [-0.25, -0.2) is 4.68 Å². The van der Waals surface area contributed by atoms with Gasteiger partial charge in [0.05, 0.1) is 23.1 Å². The van der Waals surface area contributed by atoms with Gasteiger partial charge in [0.1, 0.15) is 0 Å². The summed E-state index contributed by atoms with van der Waals surface area (Å²) in [5.74, 6) is 0.123. The molecule has 1 aliphatic heterocycles. The number of amides is 1. The van der Waals surface area contributed by atoms with E-state index in [0.29, 0.717) is 0 Å². The second-order valence-corrected chi connectivity index (χ2v) is 6.73. The fourth-order valence-electron chi connectivity index (χ4n) is 3.45. The van der Waals surface area contributed by atoms with Gasteiger partial charge in [-0.1, -0.05) is 32.4 Å². The Labute approximate surface area is 150 Å². The third kappa shape index (κ3) is 3.76. The number of likely N-dealkylation sites (N-methyl/N-ethyl adjacent to an activating group) is 1. The Morgan fingerprint density at radius 3 is 2.56 bits per heavy atom. The van der Waals surface area contributed by atoms with Crippen LogP contribution in [0.5, 0.6) is 0 Å². The van der Waals surface area contributed by atoms with Gasteiger partial charge in [-0.15, -0.1) is 0 Å². The van der Waals surface area contributed by atoms with E-state index in [0.717, 1.165) is 62.5 Å². The highest BCUT2D eigenvalue weighted by atomic mass is 16.2. The molecule has 0 N–H and O–H groups in total. The topological polar surface area (TPSA) is 41.4 Å². The van der Waals surface area contributed by atoms with Gasteiger partial charge in [0.2, 0.25) is 0 Å². The highest BCUT2D eigenvalue weighted by Crippen LogP contribution is 2.20. The highest BCUT2D eigenvalue weighted by Gasteiger charge is 2.25. The quantitative estimate of drug-likeness (QED) is 0.840. The zero-order valence-corrected chi connectivity index (χ0v) is 15.5. The van der Waals surface area contributed by atoms with Crippen LogP contribution in [0.2, 0.25) is 0 Å². The van der Waals surface area contributed by atoms with E-state index < -0.39 is 0 Å². The fourth-order valence-corrected chi connectivity index (χ4v) is 3.45. The summed E-state index contributed by atoms with van der Waals surface area (Å²) < 4.78 is 1.94. The molecule has 2 heterocycles. The lowest BCUT2D eigenvalue weighted by Crippen LogP contribution is -2.48. The number of hydrogen-bond acceptors (Lipinski definition) is 3. The molecule has 0 spiro atoms. The van der Waals surface area contributed by atoms with Crippen LogP contribution in [0, 0.1) is 6.92 Å². The van der Waals surface area contributed by atoms with E-state index >= 15 is 0 Å². The van der Waals surface area contributed by atoms with Crippen molar-refractivity contribution in [3.05, 3.63) is 47.3 Å². The van der Waals surface area contributed by atoms with Crippen LogP contribution < -0.4 is 0 Å². The lowest BCUT2D eigenvalue weighted by atomic mass is 10.1. The zero-order valence-electron chi connectivity index (χ0n) is 15.5. The first-order valence-corrected chi connectivity index (χ1v) is 9.29. The summed E-state index contributed by atoms with van der Waals surface area (Å²) in [5.41, 5.74) is 4.00. The molecule has 1 aliphatic rings. The molecule has 5 nitrogen and oxygen atoms in total. The van der Waals surface area contributed by atoms with Crippen molar-refractivity contribution >= 4 is 5.91 Å². The number of carbonyl (C=O) groups excluding carboxylic acids is 1. The number of nitrogens with zero attached hydrogens (tertiary/aromatic N) is 4. The normalized spacial score (nSPS) is 15.6. The van der Waals surface area contributed by atoms with Crippen molar-refractivity contribution in [3.8, 4) is 5.69 Å². The maximum atomic E-state index is 13.1. The first-order chi connectivity index (χ1) is 12.1. The van der Waals surface area contributed by atoms with Gasteiger partial charge >= 0.3 is 0 Å². The van der Waals surface area contributed by atoms with Crippen LogP contribution in [0.1, 0.15) is 41.9 Å². The van der Waals surface area contributed by atoms with Crippen LogP contribution in [0.3, 0.4) is 0 Å². The number of aryl methyl sites for hydroxylation is 1. The van der Waals surface area contributed by atoms with Gasteiger partial charge in [-0.05, 0) is 37.6 Å². The Balaban J connectivity index is 1.88. The van der Waals surface area contributed by atoms with E-state index in [1.54, 1.807) is 6.20 Å². The van der Waals surface area contributed by atoms with Crippen LogP contribution in [0.15, 0.2) is 30.5 Å². The number of rotatable bonds is 5. The summed E-state index contributed by atoms with van der Waals surface area (Å²) in [6.07, 6.45) is 3.59. The van der Waals surface area contributed by atoms with Gasteiger partial charge in [0, 0.05) is 26.2 Å². The van der Waals surface area contributed by atoms with Crippen molar-refractivity contribution in [2.45, 2.75) is 33.6 Å². The molecule has 1 aromatic heterocycles. The Hall–Kier alpha value is -2.14. The second-order valence-electron chi connectivity index (χ2n) is 6.73. The molecule has 134 valence electrons. The Bertz CT molecular complexity index is 729. The molecule has 1 fully saturated rings. The molecular weight excluding hydrogens is 312 g/mol. The predicted molar refractivity (Wildman–Crippen MR) is 100 cm³/mol. The van der Waals surface area contributed by atoms with Gasteiger partial charge < -0.3 is 9.80 Å². The van der Waals surface area contributed by atoms with Crippen LogP contribution in [0.4, 0.5) is 0 Å². The lowest BCUT2D eigenvalue weighted by Gasteiger charge is -2.34. The third-order valence-electron chi connectivity index (χ3n) is 4.94. The van der Waals surface area contributed by atoms with Crippen LogP contribution in [-0.2, 0) is 6.42 Å². The van der Waals surface area contributed by atoms with Gasteiger partial charge in [0.15, 0.2) is 0 Å². The summed E-state index contributed by atoms with van der Waals surface area (Å²) in [6, 6.07) is 8.27. The zero-order chi connectivity index (χ0) is 17.8. The Kier molecular flexibility index (Phi) is 5.53. The van der Waals surface area contributed by atoms with Gasteiger partial charge in [0.25, 0.3) is 5.91 Å². The molecule has 1 saturated heterocycles. The minimum Gasteiger partial charge on any atom is -0.336 e. The first-order valence-electron chi connectivity index (χ1n) is 9.29. The second kappa shape index (κ2) is 7.83. The third-order valence-corrected chi connectivity index (χ3v) is 4.94. The van der Waals surface area contributed by atoms with Crippen molar-refractivity contribution in [1.82, 2.24) is 19.6 Å². The molecule has 0 atom stereocenters. The van der Waals surface area contributed by atoms with E-state index in [2.05, 4.69) is 42.9 Å². The van der Waals surface area contributed by atoms with Crippen LogP contribution in [-0.4, -0.2) is 58.2 Å². The maximum absolute atomic E-state index is 13.1. The summed E-state index contributed by atoms with van der Waals surface area (Å²) in [5, 5.41) is 4.55. The minimum atomic E-state index is 0.123. The number of benzene rings is 1. The molecule has 2 aromatic rings. The average molecular weight is 340 g/mol. The largest absolute Gasteiger partial charge is 0.336 e. The van der Waals surface area contributed by atoms with Crippen molar-refractivity contribution in [2.24, 2.45) is 0 Å². The molecule has 25 heavy (non-hydrogen) atoms. The minimum absolute atomic E-state index is 0.123. The number of carbonyl (C=O) groups is 1. The molecule has 1 aromatic carbocycles. The molecule has 0 unspecified atom stereocenters. The molecule has 0 aliphatic carbocycles. The molecule has 1 amide bonds. The van der Waals surface area contributed by atoms with Crippen molar-refractivity contribution in [3.63, 3.8) is 0 Å². The Morgan fingerprint density at radius 1 is 1.16 bits per heavy atom. The SMILES string of the molecule is CCCc1c(C(=O)N2CCN(CC)CC2)cnn1-c1cccc(C)c1. The summed E-state index contributed by atoms with van der Waals surface area (Å²) >= 11 is 0. The maximum Gasteiger partial charge on any atom is 0.257 e. The lowest BCUT2D eigenvalue weighted by molar-refractivity contribution is 0.0642. The predicted octanol–water partition coefficient (Wildman–Crippen LogP) is 2.91. The molecule has 0 bridgehead atoms. The van der Waals surface area contributed by atoms with E-state index in [9.17, 15) is 4.79 Å². The summed E-state index contributed by atoms with van der Waals surface area (Å²) in [4.78, 5) is 17.4. The van der Waals surface area contributed by atoms with Gasteiger partial charge in [-0.3, -0.25) is 4.79 Å². The van der Waals surface area contributed by atoms with E-state index in [4.69, 9.17) is 0 Å². The first kappa shape index (κ1) is 17.7. The van der Waals surface area contributed by atoms with E-state index in [-0.39, 0.29) is 5.91 Å². The molecule has 5 heteroatoms. The molecule has 0 radical (unpaired) electrons. The molecular formula is C20H28N4O. The molecule has 0 saturated carbocycles. The van der Waals surface area contributed by atoms with Crippen molar-refractivity contribution < 1.29 is 4.79 Å². The molecule has 3 rings (SSSR count). The fraction of sp³-hybridized carbons (Fsp3) is 0.500. The average Bonchev–Trinajstić information content (AvgIpc) is 3.05. The number of piperazine rings is 1. The monoisotopic (exact) mass is 340 g/mol. The van der Waals surface area contributed by atoms with Crippen molar-refractivity contribution in [1.29, 1.82) is 0 Å². The number of hydrogen-bond donors (Lipinski definition) is 0. The van der Waals surface area contributed by atoms with Crippen LogP contribution >= 0.6 is 0 Å². The van der Waals surface area contributed by atoms with Gasteiger partial charge in [-0.2, -0.15) is 5.10 Å². The highest BCUT2D eigenvalue weighted by molar-refractivity contribution is 5.95. The number of aromatic nitrogens is 2. The van der Waals surface area contributed by atoms with Crippen molar-refractivity contribution in [2.75, 3.05) is 32.7 Å². The summed E-state index contributed by atoms with van der Waals surface area (Å²) in [6.45, 7) is 10.9. The summed E-state index contributed by atoms with van der Waals surface area (Å²) in [7, 11) is 0. The van der Waals surface area contributed by atoms with E-state index in [1.807, 2.05) is 21.7 Å².